The van der Waals surface area contributed by atoms with Gasteiger partial charge < -0.3 is 10.3 Å². The second-order valence-corrected chi connectivity index (χ2v) is 5.14. The molecule has 0 saturated carbocycles. The molecule has 1 aromatic carbocycles. The highest BCUT2D eigenvalue weighted by Crippen LogP contribution is 2.25. The van der Waals surface area contributed by atoms with Crippen LogP contribution in [0.3, 0.4) is 0 Å². The number of benzene rings is 1. The number of rotatable bonds is 3. The Morgan fingerprint density at radius 1 is 1.26 bits per heavy atom. The van der Waals surface area contributed by atoms with Crippen LogP contribution in [0.1, 0.15) is 11.6 Å². The van der Waals surface area contributed by atoms with E-state index in [-0.39, 0.29) is 0 Å². The third kappa shape index (κ3) is 2.59. The number of nitrogens with two attached hydrogens (primary N) is 1. The fraction of sp³-hybridized carbons (Fsp3) is 0.0833. The molecule has 5 nitrogen and oxygen atoms in total. The van der Waals surface area contributed by atoms with Crippen LogP contribution in [0.5, 0.6) is 0 Å². The third-order valence-corrected chi connectivity index (χ3v) is 3.54. The first kappa shape index (κ1) is 12.1. The van der Waals surface area contributed by atoms with Crippen molar-refractivity contribution in [3.63, 3.8) is 0 Å². The molecule has 0 saturated heterocycles. The minimum atomic E-state index is 0.463. The lowest BCUT2D eigenvalue weighted by Gasteiger charge is -1.95. The van der Waals surface area contributed by atoms with Crippen molar-refractivity contribution in [1.82, 2.24) is 15.1 Å². The van der Waals surface area contributed by atoms with E-state index in [0.29, 0.717) is 28.3 Å². The second kappa shape index (κ2) is 4.99. The topological polar surface area (TPSA) is 77.8 Å². The first-order chi connectivity index (χ1) is 9.22. The normalized spacial score (nSPS) is 10.8. The number of nitrogens with zero attached hydrogens (tertiary/aromatic N) is 3. The summed E-state index contributed by atoms with van der Waals surface area (Å²) in [7, 11) is 0. The first-order valence-electron chi connectivity index (χ1n) is 5.50. The molecular weight excluding hydrogens is 284 g/mol. The van der Waals surface area contributed by atoms with Crippen molar-refractivity contribution in [2.45, 2.75) is 6.42 Å². The summed E-state index contributed by atoms with van der Waals surface area (Å²) in [6.07, 6.45) is 0.463. The lowest BCUT2D eigenvalue weighted by atomic mass is 10.2. The summed E-state index contributed by atoms with van der Waals surface area (Å²) in [6.45, 7) is 0. The predicted octanol–water partition coefficient (Wildman–Crippen LogP) is 3.02. The van der Waals surface area contributed by atoms with Gasteiger partial charge in [-0.2, -0.15) is 4.98 Å². The van der Waals surface area contributed by atoms with Crippen LogP contribution >= 0.6 is 22.9 Å². The van der Waals surface area contributed by atoms with Gasteiger partial charge in [0.25, 0.3) is 0 Å². The Kier molecular flexibility index (Phi) is 3.18. The van der Waals surface area contributed by atoms with Crippen LogP contribution in [0.2, 0.25) is 5.02 Å². The van der Waals surface area contributed by atoms with Gasteiger partial charge in [0.2, 0.25) is 11.7 Å². The smallest absolute Gasteiger partial charge is 0.233 e. The summed E-state index contributed by atoms with van der Waals surface area (Å²) < 4.78 is 5.19. The minimum absolute atomic E-state index is 0.463. The van der Waals surface area contributed by atoms with Crippen LogP contribution in [-0.2, 0) is 6.42 Å². The monoisotopic (exact) mass is 292 g/mol. The van der Waals surface area contributed by atoms with Crippen LogP contribution < -0.4 is 5.73 Å². The van der Waals surface area contributed by atoms with Crippen molar-refractivity contribution in [3.8, 4) is 11.4 Å². The van der Waals surface area contributed by atoms with Gasteiger partial charge in [-0.15, -0.1) is 11.3 Å². The van der Waals surface area contributed by atoms with Crippen LogP contribution in [0.15, 0.2) is 34.2 Å². The summed E-state index contributed by atoms with van der Waals surface area (Å²) in [6, 6.07) is 7.36. The van der Waals surface area contributed by atoms with E-state index < -0.39 is 0 Å². The zero-order valence-corrected chi connectivity index (χ0v) is 11.3. The van der Waals surface area contributed by atoms with Gasteiger partial charge >= 0.3 is 0 Å². The Morgan fingerprint density at radius 3 is 2.84 bits per heavy atom. The van der Waals surface area contributed by atoms with Crippen molar-refractivity contribution in [2.75, 3.05) is 5.73 Å². The molecule has 0 radical (unpaired) electrons. The van der Waals surface area contributed by atoms with Crippen molar-refractivity contribution in [1.29, 1.82) is 0 Å². The largest absolute Gasteiger partial charge is 0.375 e. The Labute approximate surface area is 118 Å². The number of thiazole rings is 1. The van der Waals surface area contributed by atoms with E-state index in [0.717, 1.165) is 11.3 Å². The van der Waals surface area contributed by atoms with E-state index in [9.17, 15) is 0 Å². The highest BCUT2D eigenvalue weighted by Gasteiger charge is 2.12. The van der Waals surface area contributed by atoms with E-state index in [1.165, 1.54) is 11.3 Å². The van der Waals surface area contributed by atoms with Gasteiger partial charge in [-0.3, -0.25) is 0 Å². The average Bonchev–Trinajstić information content (AvgIpc) is 3.00. The second-order valence-electron chi connectivity index (χ2n) is 3.85. The number of halogens is 1. The Balaban J connectivity index is 1.86. The summed E-state index contributed by atoms with van der Waals surface area (Å²) in [5, 5.41) is 6.91. The molecule has 0 spiro atoms. The lowest BCUT2D eigenvalue weighted by molar-refractivity contribution is 0.385. The van der Waals surface area contributed by atoms with Crippen LogP contribution in [0.25, 0.3) is 11.4 Å². The highest BCUT2D eigenvalue weighted by molar-refractivity contribution is 7.13. The number of hydrogen-bond donors (Lipinski definition) is 1. The first-order valence-corrected chi connectivity index (χ1v) is 6.75. The lowest BCUT2D eigenvalue weighted by Crippen LogP contribution is -1.90. The number of anilines is 1. The molecular formula is C12H9ClN4OS. The number of hydrogen-bond acceptors (Lipinski definition) is 6. The van der Waals surface area contributed by atoms with Crippen LogP contribution in [-0.4, -0.2) is 15.1 Å². The van der Waals surface area contributed by atoms with E-state index in [2.05, 4.69) is 15.1 Å². The van der Waals surface area contributed by atoms with Gasteiger partial charge in [-0.25, -0.2) is 4.98 Å². The van der Waals surface area contributed by atoms with Crippen molar-refractivity contribution in [2.24, 2.45) is 0 Å². The van der Waals surface area contributed by atoms with E-state index in [4.69, 9.17) is 21.9 Å². The molecule has 0 aliphatic rings. The molecule has 0 bridgehead atoms. The highest BCUT2D eigenvalue weighted by atomic mass is 35.5. The van der Waals surface area contributed by atoms with Gasteiger partial charge in [-0.05, 0) is 12.1 Å². The Hall–Kier alpha value is -1.92. The quantitative estimate of drug-likeness (QED) is 0.803. The van der Waals surface area contributed by atoms with E-state index in [1.807, 2.05) is 23.6 Å². The van der Waals surface area contributed by atoms with E-state index in [1.54, 1.807) is 6.07 Å². The Morgan fingerprint density at radius 2 is 2.11 bits per heavy atom. The SMILES string of the molecule is Nc1nc(Cc2nc(-c3ccccc3Cl)no2)cs1. The zero-order valence-electron chi connectivity index (χ0n) is 9.71. The molecule has 0 aliphatic carbocycles. The molecule has 7 heteroatoms. The van der Waals surface area contributed by atoms with Gasteiger partial charge in [0.1, 0.15) is 0 Å². The van der Waals surface area contributed by atoms with Crippen molar-refractivity contribution >= 4 is 28.1 Å². The summed E-state index contributed by atoms with van der Waals surface area (Å²) >= 11 is 7.47. The third-order valence-electron chi connectivity index (χ3n) is 2.48. The maximum absolute atomic E-state index is 6.08. The standard InChI is InChI=1S/C12H9ClN4OS/c13-9-4-2-1-3-8(9)11-16-10(18-17-11)5-7-6-19-12(14)15-7/h1-4,6H,5H2,(H2,14,15). The van der Waals surface area contributed by atoms with E-state index >= 15 is 0 Å². The predicted molar refractivity (Wildman–Crippen MR) is 74.1 cm³/mol. The molecule has 3 aromatic rings. The van der Waals surface area contributed by atoms with Crippen molar-refractivity contribution < 1.29 is 4.52 Å². The summed E-state index contributed by atoms with van der Waals surface area (Å²) in [5.41, 5.74) is 7.14. The zero-order chi connectivity index (χ0) is 13.2. The number of nitrogen functional groups attached to an aromatic ring is 1. The molecule has 2 heterocycles. The van der Waals surface area contributed by atoms with Crippen molar-refractivity contribution in [3.05, 3.63) is 46.3 Å². The van der Waals surface area contributed by atoms with Gasteiger partial charge in [0.15, 0.2) is 5.13 Å². The molecule has 0 amide bonds. The molecule has 3 rings (SSSR count). The number of aromatic nitrogens is 3. The van der Waals surface area contributed by atoms with Gasteiger partial charge in [0, 0.05) is 10.9 Å². The molecule has 0 aliphatic heterocycles. The fourth-order valence-electron chi connectivity index (χ4n) is 1.64. The molecule has 19 heavy (non-hydrogen) atoms. The summed E-state index contributed by atoms with van der Waals surface area (Å²) in [4.78, 5) is 8.46. The average molecular weight is 293 g/mol. The molecule has 2 N–H and O–H groups in total. The minimum Gasteiger partial charge on any atom is -0.375 e. The maximum Gasteiger partial charge on any atom is 0.233 e. The van der Waals surface area contributed by atoms with Gasteiger partial charge in [0.05, 0.1) is 17.1 Å². The van der Waals surface area contributed by atoms with Crippen LogP contribution in [0.4, 0.5) is 5.13 Å². The van der Waals surface area contributed by atoms with Gasteiger partial charge in [-0.1, -0.05) is 28.9 Å². The molecule has 0 unspecified atom stereocenters. The molecule has 2 aromatic heterocycles. The molecule has 96 valence electrons. The maximum atomic E-state index is 6.08. The fourth-order valence-corrected chi connectivity index (χ4v) is 2.42. The molecule has 0 atom stereocenters. The molecule has 0 fully saturated rings. The Bertz CT molecular complexity index is 709. The summed E-state index contributed by atoms with van der Waals surface area (Å²) in [5.74, 6) is 0.962. The van der Waals surface area contributed by atoms with Crippen LogP contribution in [0, 0.1) is 0 Å².